The van der Waals surface area contributed by atoms with Crippen LogP contribution in [0.3, 0.4) is 0 Å². The van der Waals surface area contributed by atoms with Gasteiger partial charge in [0.25, 0.3) is 0 Å². The minimum Gasteiger partial charge on any atom is -0.262 e. The van der Waals surface area contributed by atoms with E-state index in [1.54, 1.807) is 0 Å². The fraction of sp³-hybridized carbons (Fsp3) is 0.846. The van der Waals surface area contributed by atoms with Crippen molar-refractivity contribution in [2.24, 2.45) is 17.8 Å². The van der Waals surface area contributed by atoms with E-state index in [1.807, 2.05) is 0 Å². The van der Waals surface area contributed by atoms with E-state index in [9.17, 15) is 0 Å². The quantitative estimate of drug-likeness (QED) is 0.793. The van der Waals surface area contributed by atoms with Gasteiger partial charge in [-0.25, -0.2) is 0 Å². The average molecular weight is 231 g/mol. The second kappa shape index (κ2) is 3.86. The molecule has 0 aliphatic heterocycles. The van der Waals surface area contributed by atoms with Crippen LogP contribution in [0.5, 0.6) is 0 Å². The number of aryl methyl sites for hydroxylation is 2. The number of rotatable bonds is 2. The Morgan fingerprint density at radius 1 is 1.24 bits per heavy atom. The van der Waals surface area contributed by atoms with Crippen molar-refractivity contribution < 1.29 is 0 Å². The molecule has 1 fully saturated rings. The second-order valence-electron chi connectivity index (χ2n) is 6.51. The van der Waals surface area contributed by atoms with Crippen molar-refractivity contribution in [1.29, 1.82) is 0 Å². The van der Waals surface area contributed by atoms with Gasteiger partial charge in [0.05, 0.1) is 11.4 Å². The third kappa shape index (κ3) is 1.82. The summed E-state index contributed by atoms with van der Waals surface area (Å²) in [6, 6.07) is 0. The lowest BCUT2D eigenvalue weighted by Crippen LogP contribution is -2.14. The number of aromatic amines is 1. The van der Waals surface area contributed by atoms with Crippen LogP contribution < -0.4 is 0 Å². The number of aromatic nitrogens is 3. The van der Waals surface area contributed by atoms with Crippen LogP contribution in [0.2, 0.25) is 12.1 Å². The van der Waals surface area contributed by atoms with Gasteiger partial charge >= 0.3 is 0 Å². The molecule has 0 spiro atoms. The highest BCUT2D eigenvalue weighted by Gasteiger charge is 2.55. The van der Waals surface area contributed by atoms with Gasteiger partial charge in [-0.3, -0.25) is 5.10 Å². The van der Waals surface area contributed by atoms with E-state index in [1.165, 1.54) is 31.5 Å². The first-order valence-corrected chi connectivity index (χ1v) is 7.02. The lowest BCUT2D eigenvalue weighted by Gasteiger charge is -2.22. The molecule has 0 aromatic carbocycles. The van der Waals surface area contributed by atoms with Crippen LogP contribution >= 0.6 is 0 Å². The third-order valence-electron chi connectivity index (χ3n) is 5.29. The number of hydrogen-bond acceptors (Lipinski definition) is 2. The van der Waals surface area contributed by atoms with E-state index in [0.717, 1.165) is 30.6 Å². The van der Waals surface area contributed by atoms with Gasteiger partial charge in [0.1, 0.15) is 7.28 Å². The standard InChI is InChI=1S/C13H22BN3/c1-13(2,14-3)12-8-4-6-10-11(16-17-15-10)7-5-9(8)12/h8-9,12,14H,4-7H2,1-3H3,(H,15,16,17)/t8-,9+,12?. The Hall–Kier alpha value is -0.795. The lowest BCUT2D eigenvalue weighted by molar-refractivity contribution is 0.507. The van der Waals surface area contributed by atoms with Crippen LogP contribution in [0.25, 0.3) is 0 Å². The zero-order valence-corrected chi connectivity index (χ0v) is 11.2. The number of fused-ring (bicyclic) bond motifs is 2. The number of hydrogen-bond donors (Lipinski definition) is 1. The smallest absolute Gasteiger partial charge is 0.124 e. The molecule has 3 nitrogen and oxygen atoms in total. The highest BCUT2D eigenvalue weighted by Crippen LogP contribution is 2.63. The fourth-order valence-electron chi connectivity index (χ4n) is 3.91. The van der Waals surface area contributed by atoms with Crippen LogP contribution in [0.15, 0.2) is 0 Å². The maximum absolute atomic E-state index is 4.21. The molecule has 3 rings (SSSR count). The number of H-pyrrole nitrogens is 1. The summed E-state index contributed by atoms with van der Waals surface area (Å²) in [4.78, 5) is 0. The molecule has 2 aliphatic rings. The molecular formula is C13H22BN3. The van der Waals surface area contributed by atoms with Crippen LogP contribution in [0.1, 0.15) is 38.1 Å². The molecule has 1 aromatic heterocycles. The Kier molecular flexibility index (Phi) is 2.56. The monoisotopic (exact) mass is 231 g/mol. The van der Waals surface area contributed by atoms with Crippen molar-refractivity contribution >= 4 is 7.28 Å². The minimum absolute atomic E-state index is 0.527. The van der Waals surface area contributed by atoms with Gasteiger partial charge in [0.15, 0.2) is 0 Å². The summed E-state index contributed by atoms with van der Waals surface area (Å²) in [5.41, 5.74) is 2.52. The number of nitrogens with zero attached hydrogens (tertiary/aromatic N) is 2. The molecule has 3 atom stereocenters. The van der Waals surface area contributed by atoms with Crippen molar-refractivity contribution in [3.63, 3.8) is 0 Å². The van der Waals surface area contributed by atoms with Gasteiger partial charge in [-0.05, 0) is 43.4 Å². The van der Waals surface area contributed by atoms with Crippen LogP contribution in [-0.4, -0.2) is 22.7 Å². The molecule has 1 N–H and O–H groups in total. The summed E-state index contributed by atoms with van der Waals surface area (Å²) in [5, 5.41) is 11.7. The molecule has 1 saturated carbocycles. The molecular weight excluding hydrogens is 209 g/mol. The van der Waals surface area contributed by atoms with E-state index in [-0.39, 0.29) is 0 Å². The van der Waals surface area contributed by atoms with Crippen molar-refractivity contribution in [1.82, 2.24) is 15.4 Å². The summed E-state index contributed by atoms with van der Waals surface area (Å²) in [5.74, 6) is 2.86. The minimum atomic E-state index is 0.527. The molecule has 2 aliphatic carbocycles. The zero-order chi connectivity index (χ0) is 12.0. The first-order chi connectivity index (χ1) is 8.13. The van der Waals surface area contributed by atoms with E-state index in [0.29, 0.717) is 5.31 Å². The molecule has 1 aromatic rings. The first-order valence-electron chi connectivity index (χ1n) is 7.02. The maximum atomic E-state index is 4.21. The molecule has 0 bridgehead atoms. The van der Waals surface area contributed by atoms with Crippen molar-refractivity contribution in [3.05, 3.63) is 11.4 Å². The van der Waals surface area contributed by atoms with E-state index in [2.05, 4.69) is 36.1 Å². The second-order valence-corrected chi connectivity index (χ2v) is 6.51. The lowest BCUT2D eigenvalue weighted by atomic mass is 9.53. The molecule has 0 radical (unpaired) electrons. The van der Waals surface area contributed by atoms with Crippen LogP contribution in [-0.2, 0) is 12.8 Å². The van der Waals surface area contributed by atoms with Gasteiger partial charge in [0.2, 0.25) is 0 Å². The SMILES string of the molecule is CBC(C)(C)C1[C@H]2CCc3[nH]nnc3CC[C@@H]12. The molecule has 1 unspecified atom stereocenters. The molecule has 1 heterocycles. The van der Waals surface area contributed by atoms with Crippen molar-refractivity contribution in [3.8, 4) is 0 Å². The van der Waals surface area contributed by atoms with Crippen LogP contribution in [0.4, 0.5) is 0 Å². The fourth-order valence-corrected chi connectivity index (χ4v) is 3.91. The van der Waals surface area contributed by atoms with Gasteiger partial charge in [-0.2, -0.15) is 0 Å². The third-order valence-corrected chi connectivity index (χ3v) is 5.29. The molecule has 17 heavy (non-hydrogen) atoms. The summed E-state index contributed by atoms with van der Waals surface area (Å²) in [6.45, 7) is 7.23. The normalized spacial score (nSPS) is 32.1. The van der Waals surface area contributed by atoms with Crippen LogP contribution in [0, 0.1) is 17.8 Å². The first kappa shape index (κ1) is 11.3. The predicted octanol–water partition coefficient (Wildman–Crippen LogP) is 2.23. The van der Waals surface area contributed by atoms with Gasteiger partial charge in [-0.15, -0.1) is 5.10 Å². The molecule has 0 amide bonds. The summed E-state index contributed by atoms with van der Waals surface area (Å²) >= 11 is 0. The topological polar surface area (TPSA) is 41.6 Å². The average Bonchev–Trinajstić information content (AvgIpc) is 2.81. The molecule has 0 saturated heterocycles. The van der Waals surface area contributed by atoms with Crippen molar-refractivity contribution in [2.75, 3.05) is 0 Å². The van der Waals surface area contributed by atoms with Gasteiger partial charge in [-0.1, -0.05) is 31.2 Å². The summed E-state index contributed by atoms with van der Waals surface area (Å²) in [7, 11) is 1.30. The summed E-state index contributed by atoms with van der Waals surface area (Å²) < 4.78 is 0. The van der Waals surface area contributed by atoms with E-state index < -0.39 is 0 Å². The Labute approximate surface area is 104 Å². The maximum Gasteiger partial charge on any atom is 0.124 e. The molecule has 4 heteroatoms. The summed E-state index contributed by atoms with van der Waals surface area (Å²) in [6.07, 6.45) is 4.93. The highest BCUT2D eigenvalue weighted by atomic mass is 15.3. The van der Waals surface area contributed by atoms with Gasteiger partial charge in [0, 0.05) is 0 Å². The highest BCUT2D eigenvalue weighted by molar-refractivity contribution is 6.38. The Balaban J connectivity index is 1.74. The Bertz CT molecular complexity index is 384. The molecule has 92 valence electrons. The van der Waals surface area contributed by atoms with E-state index in [4.69, 9.17) is 0 Å². The Morgan fingerprint density at radius 2 is 1.94 bits per heavy atom. The van der Waals surface area contributed by atoms with Crippen molar-refractivity contribution in [2.45, 2.75) is 51.7 Å². The zero-order valence-electron chi connectivity index (χ0n) is 11.2. The Morgan fingerprint density at radius 3 is 2.65 bits per heavy atom. The predicted molar refractivity (Wildman–Crippen MR) is 70.5 cm³/mol. The van der Waals surface area contributed by atoms with Gasteiger partial charge < -0.3 is 0 Å². The largest absolute Gasteiger partial charge is 0.262 e. The number of nitrogens with one attached hydrogen (secondary N) is 1. The van der Waals surface area contributed by atoms with E-state index >= 15 is 0 Å².